The van der Waals surface area contributed by atoms with E-state index in [1.54, 1.807) is 7.11 Å². The molecule has 26 heavy (non-hydrogen) atoms. The number of aliphatic carboxylic acids is 1. The van der Waals surface area contributed by atoms with Crippen LogP contribution < -0.4 is 9.64 Å². The van der Waals surface area contributed by atoms with Crippen molar-refractivity contribution >= 4 is 17.3 Å². The first kappa shape index (κ1) is 19.2. The number of carbonyl (C=O) groups is 1. The summed E-state index contributed by atoms with van der Waals surface area (Å²) in [5.41, 5.74) is 3.67. The van der Waals surface area contributed by atoms with Gasteiger partial charge in [-0.05, 0) is 18.2 Å². The SMILES string of the molecule is CC(=O)O.COc1cccc(-c2cn3ccc(N(C)CCF)cc3n2)c1. The van der Waals surface area contributed by atoms with Crippen LogP contribution in [0, 0.1) is 0 Å². The highest BCUT2D eigenvalue weighted by Gasteiger charge is 2.07. The van der Waals surface area contributed by atoms with Crippen molar-refractivity contribution in [1.29, 1.82) is 0 Å². The minimum Gasteiger partial charge on any atom is -0.497 e. The maximum Gasteiger partial charge on any atom is 0.300 e. The summed E-state index contributed by atoms with van der Waals surface area (Å²) >= 11 is 0. The number of nitrogens with zero attached hydrogens (tertiary/aromatic N) is 3. The van der Waals surface area contributed by atoms with E-state index in [1.807, 2.05) is 65.1 Å². The molecule has 6 nitrogen and oxygen atoms in total. The summed E-state index contributed by atoms with van der Waals surface area (Å²) < 4.78 is 19.7. The summed E-state index contributed by atoms with van der Waals surface area (Å²) in [6, 6.07) is 11.7. The van der Waals surface area contributed by atoms with Gasteiger partial charge in [0.05, 0.1) is 12.8 Å². The summed E-state index contributed by atoms with van der Waals surface area (Å²) in [5, 5.41) is 7.42. The summed E-state index contributed by atoms with van der Waals surface area (Å²) in [5.74, 6) is -0.0297. The van der Waals surface area contributed by atoms with Gasteiger partial charge in [-0.2, -0.15) is 0 Å². The lowest BCUT2D eigenvalue weighted by Gasteiger charge is -2.17. The fourth-order valence-electron chi connectivity index (χ4n) is 2.39. The van der Waals surface area contributed by atoms with Gasteiger partial charge in [0.1, 0.15) is 18.1 Å². The van der Waals surface area contributed by atoms with E-state index < -0.39 is 5.97 Å². The molecule has 0 aliphatic rings. The maximum absolute atomic E-state index is 12.5. The minimum absolute atomic E-state index is 0.370. The molecule has 7 heteroatoms. The Hall–Kier alpha value is -3.09. The Bertz CT molecular complexity index is 875. The molecule has 1 aromatic carbocycles. The van der Waals surface area contributed by atoms with Gasteiger partial charge in [0.15, 0.2) is 0 Å². The zero-order valence-electron chi connectivity index (χ0n) is 15.0. The van der Waals surface area contributed by atoms with Crippen LogP contribution in [0.2, 0.25) is 0 Å². The Morgan fingerprint density at radius 3 is 2.73 bits per heavy atom. The van der Waals surface area contributed by atoms with Crippen LogP contribution in [-0.4, -0.2) is 47.8 Å². The molecule has 0 amide bonds. The summed E-state index contributed by atoms with van der Waals surface area (Å²) in [6.45, 7) is 1.09. The number of carboxylic acids is 1. The molecule has 0 aliphatic carbocycles. The van der Waals surface area contributed by atoms with E-state index in [1.165, 1.54) is 0 Å². The number of halogens is 1. The lowest BCUT2D eigenvalue weighted by atomic mass is 10.1. The molecule has 0 saturated heterocycles. The van der Waals surface area contributed by atoms with E-state index >= 15 is 0 Å². The highest BCUT2D eigenvalue weighted by atomic mass is 19.1. The van der Waals surface area contributed by atoms with Crippen LogP contribution in [0.5, 0.6) is 5.75 Å². The number of methoxy groups -OCH3 is 1. The first-order valence-corrected chi connectivity index (χ1v) is 8.04. The molecule has 1 N–H and O–H groups in total. The predicted molar refractivity (Wildman–Crippen MR) is 99.7 cm³/mol. The first-order valence-electron chi connectivity index (χ1n) is 8.04. The second-order valence-corrected chi connectivity index (χ2v) is 5.64. The van der Waals surface area contributed by atoms with Gasteiger partial charge in [-0.3, -0.25) is 4.79 Å². The maximum atomic E-state index is 12.5. The van der Waals surface area contributed by atoms with Crippen LogP contribution in [-0.2, 0) is 4.79 Å². The topological polar surface area (TPSA) is 67.1 Å². The first-order chi connectivity index (χ1) is 12.4. The molecule has 0 fully saturated rings. The smallest absolute Gasteiger partial charge is 0.300 e. The largest absolute Gasteiger partial charge is 0.497 e. The third kappa shape index (κ3) is 4.95. The van der Waals surface area contributed by atoms with Gasteiger partial charge in [0.2, 0.25) is 0 Å². The minimum atomic E-state index is -0.833. The number of hydrogen-bond acceptors (Lipinski definition) is 4. The van der Waals surface area contributed by atoms with Crippen LogP contribution in [0.25, 0.3) is 16.9 Å². The highest BCUT2D eigenvalue weighted by Crippen LogP contribution is 2.24. The number of imidazole rings is 1. The third-order valence-corrected chi connectivity index (χ3v) is 3.67. The Labute approximate surface area is 151 Å². The van der Waals surface area contributed by atoms with E-state index in [0.29, 0.717) is 6.54 Å². The van der Waals surface area contributed by atoms with Gasteiger partial charge in [0.25, 0.3) is 5.97 Å². The molecule has 0 atom stereocenters. The van der Waals surface area contributed by atoms with Crippen LogP contribution in [0.4, 0.5) is 10.1 Å². The van der Waals surface area contributed by atoms with E-state index in [4.69, 9.17) is 14.6 Å². The Morgan fingerprint density at radius 2 is 2.08 bits per heavy atom. The van der Waals surface area contributed by atoms with E-state index in [0.717, 1.165) is 35.3 Å². The van der Waals surface area contributed by atoms with Gasteiger partial charge < -0.3 is 19.1 Å². The summed E-state index contributed by atoms with van der Waals surface area (Å²) in [4.78, 5) is 15.5. The van der Waals surface area contributed by atoms with Crippen molar-refractivity contribution in [2.24, 2.45) is 0 Å². The number of alkyl halides is 1. The Balaban J connectivity index is 0.000000552. The number of benzene rings is 1. The Kier molecular flexibility index (Phi) is 6.54. The van der Waals surface area contributed by atoms with Crippen LogP contribution in [0.15, 0.2) is 48.8 Å². The molecule has 2 heterocycles. The molecule has 2 aromatic heterocycles. The summed E-state index contributed by atoms with van der Waals surface area (Å²) in [6.07, 6.45) is 3.92. The molecular formula is C19H22FN3O3. The molecule has 0 aliphatic heterocycles. The molecule has 0 bridgehead atoms. The summed E-state index contributed by atoms with van der Waals surface area (Å²) in [7, 11) is 3.52. The number of aromatic nitrogens is 2. The van der Waals surface area contributed by atoms with Gasteiger partial charge in [-0.25, -0.2) is 9.37 Å². The number of ether oxygens (including phenoxy) is 1. The second-order valence-electron chi connectivity index (χ2n) is 5.64. The molecule has 0 radical (unpaired) electrons. The van der Waals surface area contributed by atoms with Gasteiger partial charge in [-0.1, -0.05) is 12.1 Å². The molecule has 3 rings (SSSR count). The zero-order chi connectivity index (χ0) is 19.1. The van der Waals surface area contributed by atoms with Crippen molar-refractivity contribution < 1.29 is 19.0 Å². The third-order valence-electron chi connectivity index (χ3n) is 3.67. The molecule has 0 unspecified atom stereocenters. The van der Waals surface area contributed by atoms with Crippen molar-refractivity contribution in [3.8, 4) is 17.0 Å². The lowest BCUT2D eigenvalue weighted by molar-refractivity contribution is -0.134. The van der Waals surface area contributed by atoms with Crippen LogP contribution in [0.1, 0.15) is 6.92 Å². The molecule has 0 spiro atoms. The standard InChI is InChI=1S/C17H18FN3O.C2H4O2/c1-20(9-7-18)14-6-8-21-12-16(19-17(21)11-14)13-4-3-5-15(10-13)22-2;1-2(3)4/h3-6,8,10-12H,7,9H2,1-2H3;1H3,(H,3,4). The molecule has 0 saturated carbocycles. The quantitative estimate of drug-likeness (QED) is 0.755. The number of hydrogen-bond donors (Lipinski definition) is 1. The number of fused-ring (bicyclic) bond motifs is 1. The zero-order valence-corrected chi connectivity index (χ0v) is 15.0. The van der Waals surface area contributed by atoms with Crippen molar-refractivity contribution in [3.05, 3.63) is 48.8 Å². The van der Waals surface area contributed by atoms with Crippen molar-refractivity contribution in [1.82, 2.24) is 9.38 Å². The number of carboxylic acid groups (broad SMARTS) is 1. The predicted octanol–water partition coefficient (Wildman–Crippen LogP) is 3.51. The van der Waals surface area contributed by atoms with Gasteiger partial charge in [-0.15, -0.1) is 0 Å². The van der Waals surface area contributed by atoms with Crippen LogP contribution >= 0.6 is 0 Å². The Morgan fingerprint density at radius 1 is 1.35 bits per heavy atom. The van der Waals surface area contributed by atoms with Crippen LogP contribution in [0.3, 0.4) is 0 Å². The molecule has 138 valence electrons. The average Bonchev–Trinajstić information content (AvgIpc) is 3.05. The normalized spacial score (nSPS) is 10.2. The van der Waals surface area contributed by atoms with Crippen molar-refractivity contribution in [3.63, 3.8) is 0 Å². The fourth-order valence-corrected chi connectivity index (χ4v) is 2.39. The average molecular weight is 359 g/mol. The monoisotopic (exact) mass is 359 g/mol. The van der Waals surface area contributed by atoms with Crippen molar-refractivity contribution in [2.45, 2.75) is 6.92 Å². The number of pyridine rings is 1. The van der Waals surface area contributed by atoms with Gasteiger partial charge >= 0.3 is 0 Å². The van der Waals surface area contributed by atoms with E-state index in [2.05, 4.69) is 4.98 Å². The van der Waals surface area contributed by atoms with E-state index in [9.17, 15) is 4.39 Å². The molecule has 3 aromatic rings. The number of rotatable bonds is 5. The van der Waals surface area contributed by atoms with Gasteiger partial charge in [0, 0.05) is 50.2 Å². The fraction of sp³-hybridized carbons (Fsp3) is 0.263. The van der Waals surface area contributed by atoms with Crippen molar-refractivity contribution in [2.75, 3.05) is 32.3 Å². The number of anilines is 1. The second kappa shape index (κ2) is 8.84. The lowest BCUT2D eigenvalue weighted by Crippen LogP contribution is -2.19. The van der Waals surface area contributed by atoms with E-state index in [-0.39, 0.29) is 6.67 Å². The molecular weight excluding hydrogens is 337 g/mol. The highest BCUT2D eigenvalue weighted by molar-refractivity contribution is 5.66.